The Balaban J connectivity index is 1.64. The lowest BCUT2D eigenvalue weighted by Crippen LogP contribution is -1.95. The minimum absolute atomic E-state index is 0.502. The van der Waals surface area contributed by atoms with E-state index in [1.54, 1.807) is 35.3 Å². The number of aryl methyl sites for hydroxylation is 1. The number of anilines is 2. The number of nitrogens with zero attached hydrogens (tertiary/aromatic N) is 3. The summed E-state index contributed by atoms with van der Waals surface area (Å²) >= 11 is 6.29. The zero-order chi connectivity index (χ0) is 18.3. The largest absolute Gasteiger partial charge is 0.354 e. The summed E-state index contributed by atoms with van der Waals surface area (Å²) in [5, 5.41) is 8.92. The highest BCUT2D eigenvalue weighted by molar-refractivity contribution is 7.84. The number of nitrogens with one attached hydrogen (secondary N) is 2. The lowest BCUT2D eigenvalue weighted by atomic mass is 10.2. The van der Waals surface area contributed by atoms with Gasteiger partial charge in [0, 0.05) is 64.1 Å². The fourth-order valence-electron chi connectivity index (χ4n) is 2.72. The molecule has 132 valence electrons. The van der Waals surface area contributed by atoms with Crippen LogP contribution in [0.5, 0.6) is 0 Å². The topological polar surface area (TPSA) is 75.6 Å². The first-order valence-electron chi connectivity index (χ1n) is 7.87. The summed E-state index contributed by atoms with van der Waals surface area (Å²) in [4.78, 5) is 8.52. The molecule has 26 heavy (non-hydrogen) atoms. The third-order valence-electron chi connectivity index (χ3n) is 4.06. The SMILES string of the molecule is Cn1cc(-c2cc3cnc(Nc4ccc(S(C)=O)cc4Cl)cc3[nH]2)cn1. The van der Waals surface area contributed by atoms with Crippen molar-refractivity contribution >= 4 is 44.8 Å². The standard InChI is InChI=1S/C18H16ClN5OS/c1-24-10-12(9-21-24)16-5-11-8-20-18(7-17(11)22-16)23-15-4-3-13(26(2)25)6-14(15)19/h3-10,22H,1-2H3,(H,20,23). The van der Waals surface area contributed by atoms with Gasteiger partial charge >= 0.3 is 0 Å². The highest BCUT2D eigenvalue weighted by Gasteiger charge is 2.09. The molecule has 0 bridgehead atoms. The molecule has 0 aliphatic carbocycles. The molecule has 4 aromatic rings. The van der Waals surface area contributed by atoms with E-state index in [9.17, 15) is 4.21 Å². The number of pyridine rings is 1. The molecular formula is C18H16ClN5OS. The minimum Gasteiger partial charge on any atom is -0.354 e. The number of H-pyrrole nitrogens is 1. The highest BCUT2D eigenvalue weighted by Crippen LogP contribution is 2.29. The van der Waals surface area contributed by atoms with Gasteiger partial charge < -0.3 is 10.3 Å². The molecule has 6 nitrogen and oxygen atoms in total. The van der Waals surface area contributed by atoms with Gasteiger partial charge in [-0.3, -0.25) is 8.89 Å². The van der Waals surface area contributed by atoms with Crippen molar-refractivity contribution in [3.05, 3.63) is 53.9 Å². The molecule has 0 saturated heterocycles. The fraction of sp³-hybridized carbons (Fsp3) is 0.111. The van der Waals surface area contributed by atoms with E-state index in [-0.39, 0.29) is 0 Å². The molecule has 8 heteroatoms. The van der Waals surface area contributed by atoms with E-state index in [4.69, 9.17) is 11.6 Å². The molecule has 0 amide bonds. The van der Waals surface area contributed by atoms with E-state index >= 15 is 0 Å². The Morgan fingerprint density at radius 2 is 2.08 bits per heavy atom. The van der Waals surface area contributed by atoms with Gasteiger partial charge in [-0.2, -0.15) is 5.10 Å². The van der Waals surface area contributed by atoms with Crippen molar-refractivity contribution in [2.24, 2.45) is 7.05 Å². The monoisotopic (exact) mass is 385 g/mol. The fourth-order valence-corrected chi connectivity index (χ4v) is 3.56. The molecule has 3 aromatic heterocycles. The number of rotatable bonds is 4. The lowest BCUT2D eigenvalue weighted by Gasteiger charge is -2.08. The van der Waals surface area contributed by atoms with Crippen molar-refractivity contribution in [3.63, 3.8) is 0 Å². The Bertz CT molecular complexity index is 1130. The first-order chi connectivity index (χ1) is 12.5. The van der Waals surface area contributed by atoms with Gasteiger partial charge in [0.25, 0.3) is 0 Å². The Hall–Kier alpha value is -2.64. The van der Waals surface area contributed by atoms with Crippen LogP contribution in [0.3, 0.4) is 0 Å². The first kappa shape index (κ1) is 16.8. The summed E-state index contributed by atoms with van der Waals surface area (Å²) in [6.07, 6.45) is 7.20. The lowest BCUT2D eigenvalue weighted by molar-refractivity contribution is 0.687. The zero-order valence-electron chi connectivity index (χ0n) is 14.2. The minimum atomic E-state index is -1.07. The number of hydrogen-bond donors (Lipinski definition) is 2. The number of aromatic nitrogens is 4. The smallest absolute Gasteiger partial charge is 0.132 e. The zero-order valence-corrected chi connectivity index (χ0v) is 15.7. The molecule has 0 fully saturated rings. The maximum absolute atomic E-state index is 11.5. The van der Waals surface area contributed by atoms with Gasteiger partial charge in [0.2, 0.25) is 0 Å². The molecule has 0 aliphatic rings. The van der Waals surface area contributed by atoms with Crippen LogP contribution < -0.4 is 5.32 Å². The molecule has 3 heterocycles. The molecule has 1 aromatic carbocycles. The summed E-state index contributed by atoms with van der Waals surface area (Å²) in [7, 11) is 0.822. The second kappa shape index (κ2) is 6.59. The highest BCUT2D eigenvalue weighted by atomic mass is 35.5. The van der Waals surface area contributed by atoms with Crippen molar-refractivity contribution in [2.75, 3.05) is 11.6 Å². The van der Waals surface area contributed by atoms with Gasteiger partial charge in [-0.15, -0.1) is 0 Å². The van der Waals surface area contributed by atoms with Gasteiger partial charge in [-0.25, -0.2) is 4.98 Å². The Morgan fingerprint density at radius 3 is 2.77 bits per heavy atom. The predicted octanol–water partition coefficient (Wildman–Crippen LogP) is 4.10. The number of fused-ring (bicyclic) bond motifs is 1. The third kappa shape index (κ3) is 3.23. The Labute approximate surface area is 157 Å². The molecule has 1 unspecified atom stereocenters. The molecule has 0 aliphatic heterocycles. The third-order valence-corrected chi connectivity index (χ3v) is 5.29. The Kier molecular flexibility index (Phi) is 4.26. The van der Waals surface area contributed by atoms with Crippen LogP contribution in [0.2, 0.25) is 5.02 Å². The molecule has 1 atom stereocenters. The molecule has 4 rings (SSSR count). The van der Waals surface area contributed by atoms with Gasteiger partial charge in [0.15, 0.2) is 0 Å². The van der Waals surface area contributed by atoms with Crippen molar-refractivity contribution in [3.8, 4) is 11.3 Å². The average molecular weight is 386 g/mol. The number of halogens is 1. The van der Waals surface area contributed by atoms with Crippen LogP contribution in [0.15, 0.2) is 53.8 Å². The van der Waals surface area contributed by atoms with E-state index in [1.807, 2.05) is 31.6 Å². The van der Waals surface area contributed by atoms with E-state index in [1.165, 1.54) is 0 Å². The van der Waals surface area contributed by atoms with E-state index in [2.05, 4.69) is 20.4 Å². The van der Waals surface area contributed by atoms with Crippen LogP contribution >= 0.6 is 11.6 Å². The van der Waals surface area contributed by atoms with Gasteiger partial charge in [-0.05, 0) is 24.3 Å². The normalized spacial score (nSPS) is 12.4. The maximum atomic E-state index is 11.5. The van der Waals surface area contributed by atoms with Crippen LogP contribution in [-0.2, 0) is 17.8 Å². The van der Waals surface area contributed by atoms with Crippen LogP contribution in [0, 0.1) is 0 Å². The van der Waals surface area contributed by atoms with Gasteiger partial charge in [-0.1, -0.05) is 11.6 Å². The van der Waals surface area contributed by atoms with E-state index < -0.39 is 10.8 Å². The number of benzene rings is 1. The summed E-state index contributed by atoms with van der Waals surface area (Å²) < 4.78 is 13.3. The molecule has 2 N–H and O–H groups in total. The van der Waals surface area contributed by atoms with E-state index in [0.717, 1.165) is 22.2 Å². The number of aromatic amines is 1. The second-order valence-corrected chi connectivity index (χ2v) is 7.75. The van der Waals surface area contributed by atoms with Crippen LogP contribution in [0.4, 0.5) is 11.5 Å². The van der Waals surface area contributed by atoms with Crippen molar-refractivity contribution in [2.45, 2.75) is 4.90 Å². The van der Waals surface area contributed by atoms with Crippen LogP contribution in [0.25, 0.3) is 22.2 Å². The van der Waals surface area contributed by atoms with Gasteiger partial charge in [0.05, 0.1) is 22.4 Å². The van der Waals surface area contributed by atoms with Crippen LogP contribution in [-0.4, -0.2) is 30.2 Å². The summed E-state index contributed by atoms with van der Waals surface area (Å²) in [5.74, 6) is 0.671. The van der Waals surface area contributed by atoms with Crippen molar-refractivity contribution in [1.29, 1.82) is 0 Å². The quantitative estimate of drug-likeness (QED) is 0.554. The van der Waals surface area contributed by atoms with Crippen molar-refractivity contribution in [1.82, 2.24) is 19.7 Å². The maximum Gasteiger partial charge on any atom is 0.132 e. The molecule has 0 radical (unpaired) electrons. The molecule has 0 spiro atoms. The van der Waals surface area contributed by atoms with Gasteiger partial charge in [0.1, 0.15) is 5.82 Å². The molecule has 0 saturated carbocycles. The summed E-state index contributed by atoms with van der Waals surface area (Å²) in [5.41, 5.74) is 3.68. The second-order valence-electron chi connectivity index (χ2n) is 5.96. The summed E-state index contributed by atoms with van der Waals surface area (Å²) in [6.45, 7) is 0. The summed E-state index contributed by atoms with van der Waals surface area (Å²) in [6, 6.07) is 9.27. The Morgan fingerprint density at radius 1 is 1.23 bits per heavy atom. The first-order valence-corrected chi connectivity index (χ1v) is 9.81. The van der Waals surface area contributed by atoms with E-state index in [0.29, 0.717) is 21.4 Å². The number of hydrogen-bond acceptors (Lipinski definition) is 4. The van der Waals surface area contributed by atoms with Crippen LogP contribution in [0.1, 0.15) is 0 Å². The van der Waals surface area contributed by atoms with Crippen molar-refractivity contribution < 1.29 is 4.21 Å². The molecular weight excluding hydrogens is 370 g/mol. The predicted molar refractivity (Wildman–Crippen MR) is 105 cm³/mol. The average Bonchev–Trinajstić information content (AvgIpc) is 3.22.